The molecule has 29 heavy (non-hydrogen) atoms. The number of carbonyl (C=O) groups is 1. The van der Waals surface area contributed by atoms with Crippen LogP contribution in [0.1, 0.15) is 35.5 Å². The van der Waals surface area contributed by atoms with Crippen molar-refractivity contribution in [1.29, 1.82) is 0 Å². The Morgan fingerprint density at radius 1 is 0.966 bits per heavy atom. The van der Waals surface area contributed by atoms with Crippen molar-refractivity contribution >= 4 is 16.7 Å². The van der Waals surface area contributed by atoms with Gasteiger partial charge in [0.1, 0.15) is 0 Å². The molecule has 0 saturated heterocycles. The molecule has 1 unspecified atom stereocenters. The minimum Gasteiger partial charge on any atom is -0.349 e. The molecule has 0 fully saturated rings. The summed E-state index contributed by atoms with van der Waals surface area (Å²) in [6.07, 6.45) is 0.322. The van der Waals surface area contributed by atoms with E-state index in [0.29, 0.717) is 6.42 Å². The second kappa shape index (κ2) is 7.92. The normalized spacial score (nSPS) is 12.1. The van der Waals surface area contributed by atoms with E-state index in [-0.39, 0.29) is 11.9 Å². The lowest BCUT2D eigenvalue weighted by Gasteiger charge is -2.15. The Morgan fingerprint density at radius 2 is 1.66 bits per heavy atom. The second-order valence-electron chi connectivity index (χ2n) is 7.47. The molecular formula is C25H25N3O. The summed E-state index contributed by atoms with van der Waals surface area (Å²) in [6.45, 7) is 6.00. The van der Waals surface area contributed by atoms with Gasteiger partial charge >= 0.3 is 0 Å². The van der Waals surface area contributed by atoms with Crippen LogP contribution in [0, 0.1) is 13.8 Å². The number of nitrogens with zero attached hydrogens (tertiary/aromatic N) is 2. The van der Waals surface area contributed by atoms with Gasteiger partial charge < -0.3 is 5.32 Å². The number of aromatic nitrogens is 2. The predicted octanol–water partition coefficient (Wildman–Crippen LogP) is 5.06. The third-order valence-electron chi connectivity index (χ3n) is 5.43. The Hall–Kier alpha value is -3.40. The quantitative estimate of drug-likeness (QED) is 0.523. The molecule has 1 atom stereocenters. The Labute approximate surface area is 171 Å². The number of amides is 1. The molecule has 4 rings (SSSR count). The second-order valence-corrected chi connectivity index (χ2v) is 7.47. The Kier molecular flexibility index (Phi) is 5.17. The average Bonchev–Trinajstić information content (AvgIpc) is 3.02. The summed E-state index contributed by atoms with van der Waals surface area (Å²) >= 11 is 0. The standard InChI is InChI=1S/C25H25N3O/c1-17(21-14-13-20-9-7-8-10-22(20)15-21)26-25(29)16-24-18(2)27-28(19(24)3)23-11-5-4-6-12-23/h4-15,17H,16H2,1-3H3,(H,26,29). The lowest BCUT2D eigenvalue weighted by atomic mass is 10.0. The minimum absolute atomic E-state index is 0.00414. The molecular weight excluding hydrogens is 358 g/mol. The van der Waals surface area contributed by atoms with Crippen molar-refractivity contribution in [1.82, 2.24) is 15.1 Å². The molecule has 146 valence electrons. The third-order valence-corrected chi connectivity index (χ3v) is 5.43. The number of hydrogen-bond donors (Lipinski definition) is 1. The highest BCUT2D eigenvalue weighted by atomic mass is 16.1. The minimum atomic E-state index is -0.0584. The van der Waals surface area contributed by atoms with Crippen LogP contribution in [0.3, 0.4) is 0 Å². The van der Waals surface area contributed by atoms with E-state index >= 15 is 0 Å². The van der Waals surface area contributed by atoms with Crippen LogP contribution in [0.4, 0.5) is 0 Å². The summed E-state index contributed by atoms with van der Waals surface area (Å²) < 4.78 is 1.91. The summed E-state index contributed by atoms with van der Waals surface area (Å²) in [5, 5.41) is 10.2. The highest BCUT2D eigenvalue weighted by Crippen LogP contribution is 2.22. The zero-order valence-corrected chi connectivity index (χ0v) is 17.0. The van der Waals surface area contributed by atoms with Crippen molar-refractivity contribution in [3.63, 3.8) is 0 Å². The highest BCUT2D eigenvalue weighted by molar-refractivity contribution is 5.84. The largest absolute Gasteiger partial charge is 0.349 e. The van der Waals surface area contributed by atoms with Crippen LogP contribution in [0.2, 0.25) is 0 Å². The molecule has 0 aliphatic heterocycles. The summed E-state index contributed by atoms with van der Waals surface area (Å²) in [5.41, 5.74) is 4.98. The fraction of sp³-hybridized carbons (Fsp3) is 0.200. The molecule has 4 nitrogen and oxygen atoms in total. The summed E-state index contributed by atoms with van der Waals surface area (Å²) in [7, 11) is 0. The van der Waals surface area contributed by atoms with Crippen molar-refractivity contribution in [3.8, 4) is 5.69 Å². The molecule has 3 aromatic carbocycles. The van der Waals surface area contributed by atoms with Crippen molar-refractivity contribution < 1.29 is 4.79 Å². The molecule has 1 N–H and O–H groups in total. The van der Waals surface area contributed by atoms with Gasteiger partial charge in [0.25, 0.3) is 0 Å². The van der Waals surface area contributed by atoms with Crippen molar-refractivity contribution in [2.45, 2.75) is 33.2 Å². The van der Waals surface area contributed by atoms with E-state index < -0.39 is 0 Å². The third kappa shape index (κ3) is 3.92. The maximum absolute atomic E-state index is 12.8. The lowest BCUT2D eigenvalue weighted by molar-refractivity contribution is -0.121. The number of carbonyl (C=O) groups excluding carboxylic acids is 1. The zero-order chi connectivity index (χ0) is 20.4. The van der Waals surface area contributed by atoms with E-state index in [4.69, 9.17) is 0 Å². The van der Waals surface area contributed by atoms with Gasteiger partial charge in [-0.2, -0.15) is 5.10 Å². The first-order chi connectivity index (χ1) is 14.0. The van der Waals surface area contributed by atoms with Crippen LogP contribution in [-0.4, -0.2) is 15.7 Å². The number of para-hydroxylation sites is 1. The van der Waals surface area contributed by atoms with E-state index in [1.807, 2.05) is 67.9 Å². The number of nitrogens with one attached hydrogen (secondary N) is 1. The van der Waals surface area contributed by atoms with Gasteiger partial charge in [-0.25, -0.2) is 4.68 Å². The van der Waals surface area contributed by atoms with Gasteiger partial charge in [-0.3, -0.25) is 4.79 Å². The van der Waals surface area contributed by atoms with Gasteiger partial charge in [0, 0.05) is 11.3 Å². The fourth-order valence-corrected chi connectivity index (χ4v) is 3.76. The Bertz CT molecular complexity index is 1160. The molecule has 1 amide bonds. The number of fused-ring (bicyclic) bond motifs is 1. The number of rotatable bonds is 5. The molecule has 0 saturated carbocycles. The van der Waals surface area contributed by atoms with Gasteiger partial charge in [-0.1, -0.05) is 54.6 Å². The highest BCUT2D eigenvalue weighted by Gasteiger charge is 2.17. The van der Waals surface area contributed by atoms with Gasteiger partial charge in [0.2, 0.25) is 5.91 Å². The van der Waals surface area contributed by atoms with Crippen LogP contribution in [0.5, 0.6) is 0 Å². The SMILES string of the molecule is Cc1nn(-c2ccccc2)c(C)c1CC(=O)NC(C)c1ccc2ccccc2c1. The molecule has 1 heterocycles. The first kappa shape index (κ1) is 18.9. The van der Waals surface area contributed by atoms with Crippen molar-refractivity contribution in [2.24, 2.45) is 0 Å². The summed E-state index contributed by atoms with van der Waals surface area (Å²) in [6, 6.07) is 24.5. The molecule has 0 aliphatic rings. The van der Waals surface area contributed by atoms with Gasteiger partial charge in [0.05, 0.1) is 23.8 Å². The summed E-state index contributed by atoms with van der Waals surface area (Å²) in [5.74, 6) is 0.00414. The van der Waals surface area contributed by atoms with Crippen molar-refractivity contribution in [2.75, 3.05) is 0 Å². The maximum atomic E-state index is 12.8. The topological polar surface area (TPSA) is 46.9 Å². The number of aryl methyl sites for hydroxylation is 1. The molecule has 0 radical (unpaired) electrons. The van der Waals surface area contributed by atoms with E-state index in [0.717, 1.165) is 28.2 Å². The van der Waals surface area contributed by atoms with Crippen LogP contribution in [0.25, 0.3) is 16.5 Å². The van der Waals surface area contributed by atoms with E-state index in [1.165, 1.54) is 10.8 Å². The van der Waals surface area contributed by atoms with Crippen LogP contribution >= 0.6 is 0 Å². The Balaban J connectivity index is 1.50. The van der Waals surface area contributed by atoms with Crippen LogP contribution < -0.4 is 5.32 Å². The first-order valence-electron chi connectivity index (χ1n) is 9.91. The van der Waals surface area contributed by atoms with E-state index in [2.05, 4.69) is 40.7 Å². The summed E-state index contributed by atoms with van der Waals surface area (Å²) in [4.78, 5) is 12.8. The van der Waals surface area contributed by atoms with Gasteiger partial charge in [0.15, 0.2) is 0 Å². The first-order valence-corrected chi connectivity index (χ1v) is 9.91. The fourth-order valence-electron chi connectivity index (χ4n) is 3.76. The smallest absolute Gasteiger partial charge is 0.225 e. The van der Waals surface area contributed by atoms with E-state index in [1.54, 1.807) is 0 Å². The molecule has 4 aromatic rings. The molecule has 0 spiro atoms. The van der Waals surface area contributed by atoms with Crippen LogP contribution in [-0.2, 0) is 11.2 Å². The average molecular weight is 383 g/mol. The van der Waals surface area contributed by atoms with Crippen molar-refractivity contribution in [3.05, 3.63) is 95.3 Å². The lowest BCUT2D eigenvalue weighted by Crippen LogP contribution is -2.28. The molecule has 1 aromatic heterocycles. The number of hydrogen-bond acceptors (Lipinski definition) is 2. The molecule has 0 aliphatic carbocycles. The monoisotopic (exact) mass is 383 g/mol. The number of benzene rings is 3. The predicted molar refractivity (Wildman–Crippen MR) is 117 cm³/mol. The van der Waals surface area contributed by atoms with Gasteiger partial charge in [-0.05, 0) is 55.3 Å². The molecule has 0 bridgehead atoms. The van der Waals surface area contributed by atoms with Crippen LogP contribution in [0.15, 0.2) is 72.8 Å². The molecule has 4 heteroatoms. The zero-order valence-electron chi connectivity index (χ0n) is 17.0. The maximum Gasteiger partial charge on any atom is 0.225 e. The van der Waals surface area contributed by atoms with E-state index in [9.17, 15) is 4.79 Å². The van der Waals surface area contributed by atoms with Gasteiger partial charge in [-0.15, -0.1) is 0 Å². The Morgan fingerprint density at radius 3 is 2.41 bits per heavy atom.